The maximum absolute atomic E-state index is 10.9. The third-order valence-electron chi connectivity index (χ3n) is 1.39. The molecule has 0 aliphatic rings. The number of hydrogen-bond donors (Lipinski definition) is 0. The topological polar surface area (TPSA) is 26.3 Å². The van der Waals surface area contributed by atoms with Crippen LogP contribution in [0.25, 0.3) is 0 Å². The van der Waals surface area contributed by atoms with Crippen LogP contribution in [-0.2, 0) is 9.53 Å². The molecule has 0 heterocycles. The highest BCUT2D eigenvalue weighted by molar-refractivity contribution is 5.87. The molecule has 0 aromatic heterocycles. The average Bonchev–Trinajstić information content (AvgIpc) is 2.00. The van der Waals surface area contributed by atoms with Gasteiger partial charge in [0.15, 0.2) is 0 Å². The highest BCUT2D eigenvalue weighted by atomic mass is 16.5. The number of carbonyl (C=O) groups excluding carboxylic acids is 1. The first-order valence-corrected chi connectivity index (χ1v) is 4.13. The summed E-state index contributed by atoms with van der Waals surface area (Å²) < 4.78 is 4.88. The molecule has 0 aliphatic carbocycles. The second kappa shape index (κ2) is 5.58. The molecule has 0 aliphatic heterocycles. The highest BCUT2D eigenvalue weighted by Gasteiger charge is 2.04. The Labute approximate surface area is 73.9 Å². The molecule has 0 rings (SSSR count). The van der Waals surface area contributed by atoms with E-state index in [1.54, 1.807) is 6.92 Å². The van der Waals surface area contributed by atoms with Gasteiger partial charge in [-0.15, -0.1) is 0 Å². The van der Waals surface area contributed by atoms with E-state index in [9.17, 15) is 4.79 Å². The minimum Gasteiger partial charge on any atom is -0.428 e. The van der Waals surface area contributed by atoms with Crippen molar-refractivity contribution in [2.24, 2.45) is 0 Å². The fourth-order valence-corrected chi connectivity index (χ4v) is 0.643. The second-order valence-electron chi connectivity index (χ2n) is 2.81. The van der Waals surface area contributed by atoms with Crippen molar-refractivity contribution in [3.63, 3.8) is 0 Å². The van der Waals surface area contributed by atoms with E-state index in [1.165, 1.54) is 0 Å². The van der Waals surface area contributed by atoms with Crippen molar-refractivity contribution >= 4 is 5.97 Å². The third kappa shape index (κ3) is 4.72. The van der Waals surface area contributed by atoms with Crippen molar-refractivity contribution in [2.45, 2.75) is 33.1 Å². The first-order chi connectivity index (χ1) is 5.57. The molecular weight excluding hydrogens is 152 g/mol. The zero-order chi connectivity index (χ0) is 9.56. The monoisotopic (exact) mass is 168 g/mol. The summed E-state index contributed by atoms with van der Waals surface area (Å²) in [7, 11) is 0. The van der Waals surface area contributed by atoms with E-state index in [1.807, 2.05) is 0 Å². The Bertz CT molecular complexity index is 192. The molecule has 0 saturated heterocycles. The first-order valence-electron chi connectivity index (χ1n) is 4.13. The van der Waals surface area contributed by atoms with Gasteiger partial charge in [0.25, 0.3) is 0 Å². The fourth-order valence-electron chi connectivity index (χ4n) is 0.643. The average molecular weight is 168 g/mol. The number of ether oxygens (including phenoxy) is 1. The van der Waals surface area contributed by atoms with E-state index in [2.05, 4.69) is 20.1 Å². The maximum atomic E-state index is 10.9. The van der Waals surface area contributed by atoms with Gasteiger partial charge in [-0.3, -0.25) is 0 Å². The van der Waals surface area contributed by atoms with Gasteiger partial charge in [0, 0.05) is 12.0 Å². The van der Waals surface area contributed by atoms with Gasteiger partial charge in [-0.05, 0) is 13.3 Å². The lowest BCUT2D eigenvalue weighted by Crippen LogP contribution is -2.03. The molecule has 2 heteroatoms. The summed E-state index contributed by atoms with van der Waals surface area (Å²) >= 11 is 0. The van der Waals surface area contributed by atoms with Gasteiger partial charge in [-0.25, -0.2) is 4.79 Å². The summed E-state index contributed by atoms with van der Waals surface area (Å²) in [5.41, 5.74) is 0.410. The van der Waals surface area contributed by atoms with Crippen molar-refractivity contribution in [3.05, 3.63) is 24.5 Å². The zero-order valence-corrected chi connectivity index (χ0v) is 7.85. The normalized spacial score (nSPS) is 9.17. The quantitative estimate of drug-likeness (QED) is 0.358. The Morgan fingerprint density at radius 2 is 2.00 bits per heavy atom. The molecule has 0 atom stereocenters. The molecule has 0 N–H and O–H groups in total. The van der Waals surface area contributed by atoms with Crippen LogP contribution >= 0.6 is 0 Å². The molecular formula is C10H16O2. The van der Waals surface area contributed by atoms with E-state index >= 15 is 0 Å². The van der Waals surface area contributed by atoms with Gasteiger partial charge in [0.2, 0.25) is 0 Å². The number of hydrogen-bond acceptors (Lipinski definition) is 2. The Kier molecular flexibility index (Phi) is 5.09. The summed E-state index contributed by atoms with van der Waals surface area (Å²) in [6, 6.07) is 0. The van der Waals surface area contributed by atoms with Gasteiger partial charge < -0.3 is 4.74 Å². The number of esters is 1. The molecule has 0 unspecified atom stereocenters. The summed E-state index contributed by atoms with van der Waals surface area (Å²) in [6.07, 6.45) is 2.82. The molecule has 2 nitrogen and oxygen atoms in total. The van der Waals surface area contributed by atoms with Crippen LogP contribution in [0.15, 0.2) is 24.5 Å². The van der Waals surface area contributed by atoms with Crippen molar-refractivity contribution in [1.29, 1.82) is 0 Å². The molecule has 0 amide bonds. The van der Waals surface area contributed by atoms with Crippen molar-refractivity contribution in [3.8, 4) is 0 Å². The predicted octanol–water partition coefficient (Wildman–Crippen LogP) is 2.81. The van der Waals surface area contributed by atoms with E-state index in [4.69, 9.17) is 4.74 Å². The summed E-state index contributed by atoms with van der Waals surface area (Å²) in [6.45, 7) is 10.8. The zero-order valence-electron chi connectivity index (χ0n) is 7.85. The fraction of sp³-hybridized carbons (Fsp3) is 0.500. The largest absolute Gasteiger partial charge is 0.428 e. The molecule has 68 valence electrons. The molecule has 0 aromatic carbocycles. The number of unbranched alkanes of at least 4 members (excludes halogenated alkanes) is 1. The maximum Gasteiger partial charge on any atom is 0.338 e. The van der Waals surface area contributed by atoms with E-state index < -0.39 is 0 Å². The molecule has 0 spiro atoms. The van der Waals surface area contributed by atoms with Crippen molar-refractivity contribution in [2.75, 3.05) is 0 Å². The molecule has 0 radical (unpaired) electrons. The van der Waals surface area contributed by atoms with Gasteiger partial charge in [0.1, 0.15) is 5.76 Å². The SMILES string of the molecule is C=C(CCCC)OC(=O)C(=C)C. The Balaban J connectivity index is 3.69. The molecule has 0 fully saturated rings. The summed E-state index contributed by atoms with van der Waals surface area (Å²) in [5, 5.41) is 0. The minimum absolute atomic E-state index is 0.379. The number of carbonyl (C=O) groups is 1. The van der Waals surface area contributed by atoms with Crippen molar-refractivity contribution in [1.82, 2.24) is 0 Å². The Morgan fingerprint density at radius 3 is 2.42 bits per heavy atom. The number of rotatable bonds is 5. The number of allylic oxidation sites excluding steroid dienone is 1. The second-order valence-corrected chi connectivity index (χ2v) is 2.81. The van der Waals surface area contributed by atoms with Gasteiger partial charge >= 0.3 is 5.97 Å². The van der Waals surface area contributed by atoms with Crippen LogP contribution in [0.3, 0.4) is 0 Å². The van der Waals surface area contributed by atoms with Crippen LogP contribution in [0.1, 0.15) is 33.1 Å². The van der Waals surface area contributed by atoms with Crippen LogP contribution in [0.5, 0.6) is 0 Å². The van der Waals surface area contributed by atoms with E-state index in [-0.39, 0.29) is 5.97 Å². The lowest BCUT2D eigenvalue weighted by molar-refractivity contribution is -0.135. The molecule has 0 aromatic rings. The summed E-state index contributed by atoms with van der Waals surface area (Å²) in [5.74, 6) is 0.154. The van der Waals surface area contributed by atoms with Gasteiger partial charge in [-0.1, -0.05) is 26.5 Å². The highest BCUT2D eigenvalue weighted by Crippen LogP contribution is 2.08. The van der Waals surface area contributed by atoms with Gasteiger partial charge in [0.05, 0.1) is 0 Å². The third-order valence-corrected chi connectivity index (χ3v) is 1.39. The lowest BCUT2D eigenvalue weighted by atomic mass is 10.2. The molecule has 0 bridgehead atoms. The van der Waals surface area contributed by atoms with Gasteiger partial charge in [-0.2, -0.15) is 0 Å². The van der Waals surface area contributed by atoms with Crippen LogP contribution in [0.2, 0.25) is 0 Å². The van der Waals surface area contributed by atoms with Crippen LogP contribution in [0, 0.1) is 0 Å². The first kappa shape index (κ1) is 11.0. The van der Waals surface area contributed by atoms with E-state index in [0.29, 0.717) is 11.3 Å². The lowest BCUT2D eigenvalue weighted by Gasteiger charge is -2.05. The summed E-state index contributed by atoms with van der Waals surface area (Å²) in [4.78, 5) is 10.9. The van der Waals surface area contributed by atoms with E-state index in [0.717, 1.165) is 19.3 Å². The molecule has 0 saturated carbocycles. The van der Waals surface area contributed by atoms with Crippen LogP contribution < -0.4 is 0 Å². The predicted molar refractivity (Wildman–Crippen MR) is 49.6 cm³/mol. The Hall–Kier alpha value is -1.05. The standard InChI is InChI=1S/C10H16O2/c1-5-6-7-9(4)12-10(11)8(2)3/h2,4-7H2,1,3H3. The molecule has 12 heavy (non-hydrogen) atoms. The van der Waals surface area contributed by atoms with Crippen molar-refractivity contribution < 1.29 is 9.53 Å². The smallest absolute Gasteiger partial charge is 0.338 e. The van der Waals surface area contributed by atoms with Crippen LogP contribution in [0.4, 0.5) is 0 Å². The van der Waals surface area contributed by atoms with Crippen LogP contribution in [-0.4, -0.2) is 5.97 Å². The minimum atomic E-state index is -0.379. The Morgan fingerprint density at radius 1 is 1.42 bits per heavy atom.